The number of halogens is 1. The first kappa shape index (κ1) is 14.2. The first-order chi connectivity index (χ1) is 9.20. The van der Waals surface area contributed by atoms with Crippen molar-refractivity contribution >= 4 is 15.9 Å². The molecule has 0 radical (unpaired) electrons. The van der Waals surface area contributed by atoms with Crippen LogP contribution in [0.25, 0.3) is 11.5 Å². The normalized spacial score (nSPS) is 10.9. The SMILES string of the molecule is CCNCCCc1nnc(-c2ccc(Br)cc2C)o1. The standard InChI is InChI=1S/C14H18BrN3O/c1-3-16-8-4-5-13-17-18-14(19-13)12-7-6-11(15)9-10(12)2/h6-7,9,16H,3-5,8H2,1-2H3. The number of aryl methyl sites for hydroxylation is 2. The van der Waals surface area contributed by atoms with Crippen molar-refractivity contribution in [3.8, 4) is 11.5 Å². The van der Waals surface area contributed by atoms with E-state index in [1.54, 1.807) is 0 Å². The van der Waals surface area contributed by atoms with Crippen molar-refractivity contribution in [2.45, 2.75) is 26.7 Å². The van der Waals surface area contributed by atoms with Crippen molar-refractivity contribution in [1.82, 2.24) is 15.5 Å². The summed E-state index contributed by atoms with van der Waals surface area (Å²) in [5.74, 6) is 1.30. The molecule has 4 nitrogen and oxygen atoms in total. The summed E-state index contributed by atoms with van der Waals surface area (Å²) in [6.45, 7) is 6.11. The third-order valence-electron chi connectivity index (χ3n) is 2.88. The van der Waals surface area contributed by atoms with Gasteiger partial charge in [-0.25, -0.2) is 0 Å². The lowest BCUT2D eigenvalue weighted by atomic mass is 10.1. The largest absolute Gasteiger partial charge is 0.421 e. The number of aromatic nitrogens is 2. The monoisotopic (exact) mass is 323 g/mol. The van der Waals surface area contributed by atoms with Crippen LogP contribution in [0.3, 0.4) is 0 Å². The molecule has 0 aliphatic rings. The van der Waals surface area contributed by atoms with Crippen LogP contribution in [0.5, 0.6) is 0 Å². The van der Waals surface area contributed by atoms with Crippen molar-refractivity contribution in [3.63, 3.8) is 0 Å². The molecule has 0 aliphatic heterocycles. The Morgan fingerprint density at radius 1 is 1.32 bits per heavy atom. The van der Waals surface area contributed by atoms with Gasteiger partial charge < -0.3 is 9.73 Å². The van der Waals surface area contributed by atoms with E-state index in [0.29, 0.717) is 11.8 Å². The van der Waals surface area contributed by atoms with E-state index >= 15 is 0 Å². The summed E-state index contributed by atoms with van der Waals surface area (Å²) < 4.78 is 6.76. The highest BCUT2D eigenvalue weighted by Gasteiger charge is 2.10. The van der Waals surface area contributed by atoms with Crippen LogP contribution in [0, 0.1) is 6.92 Å². The molecular formula is C14H18BrN3O. The van der Waals surface area contributed by atoms with E-state index in [2.05, 4.69) is 38.4 Å². The van der Waals surface area contributed by atoms with E-state index in [4.69, 9.17) is 4.42 Å². The molecule has 0 amide bonds. The summed E-state index contributed by atoms with van der Waals surface area (Å²) in [4.78, 5) is 0. The molecule has 1 aromatic heterocycles. The van der Waals surface area contributed by atoms with E-state index in [1.165, 1.54) is 0 Å². The van der Waals surface area contributed by atoms with Gasteiger partial charge in [-0.05, 0) is 50.2 Å². The molecule has 19 heavy (non-hydrogen) atoms. The lowest BCUT2D eigenvalue weighted by Gasteiger charge is -2.01. The lowest BCUT2D eigenvalue weighted by Crippen LogP contribution is -2.14. The second-order valence-corrected chi connectivity index (χ2v) is 5.33. The molecule has 5 heteroatoms. The van der Waals surface area contributed by atoms with Gasteiger partial charge in [0.2, 0.25) is 11.8 Å². The molecule has 2 rings (SSSR count). The smallest absolute Gasteiger partial charge is 0.247 e. The summed E-state index contributed by atoms with van der Waals surface area (Å²) in [5.41, 5.74) is 2.12. The molecule has 0 atom stereocenters. The summed E-state index contributed by atoms with van der Waals surface area (Å²) >= 11 is 3.45. The second-order valence-electron chi connectivity index (χ2n) is 4.42. The summed E-state index contributed by atoms with van der Waals surface area (Å²) in [7, 11) is 0. The molecular weight excluding hydrogens is 306 g/mol. The molecule has 0 saturated carbocycles. The molecule has 2 aromatic rings. The molecule has 0 spiro atoms. The number of nitrogens with one attached hydrogen (secondary N) is 1. The molecule has 0 bridgehead atoms. The number of benzene rings is 1. The molecule has 0 unspecified atom stereocenters. The van der Waals surface area contributed by atoms with Crippen LogP contribution in [-0.4, -0.2) is 23.3 Å². The van der Waals surface area contributed by atoms with E-state index in [0.717, 1.165) is 41.5 Å². The number of hydrogen-bond donors (Lipinski definition) is 1. The Bertz CT molecular complexity index is 539. The molecule has 102 valence electrons. The molecule has 0 saturated heterocycles. The van der Waals surface area contributed by atoms with Gasteiger partial charge in [-0.3, -0.25) is 0 Å². The maximum Gasteiger partial charge on any atom is 0.247 e. The van der Waals surface area contributed by atoms with Gasteiger partial charge >= 0.3 is 0 Å². The first-order valence-corrected chi connectivity index (χ1v) is 7.29. The van der Waals surface area contributed by atoms with Crippen LogP contribution >= 0.6 is 15.9 Å². The van der Waals surface area contributed by atoms with Gasteiger partial charge in [-0.15, -0.1) is 10.2 Å². The minimum atomic E-state index is 0.600. The van der Waals surface area contributed by atoms with Gasteiger partial charge in [0.15, 0.2) is 0 Å². The maximum atomic E-state index is 5.71. The average molecular weight is 324 g/mol. The zero-order valence-corrected chi connectivity index (χ0v) is 12.8. The minimum Gasteiger partial charge on any atom is -0.421 e. The van der Waals surface area contributed by atoms with Crippen LogP contribution in [-0.2, 0) is 6.42 Å². The van der Waals surface area contributed by atoms with Gasteiger partial charge in [-0.2, -0.15) is 0 Å². The van der Waals surface area contributed by atoms with Crippen molar-refractivity contribution < 1.29 is 4.42 Å². The van der Waals surface area contributed by atoms with E-state index in [-0.39, 0.29) is 0 Å². The molecule has 1 aromatic carbocycles. The highest BCUT2D eigenvalue weighted by Crippen LogP contribution is 2.25. The predicted octanol–water partition coefficient (Wildman–Crippen LogP) is 3.35. The van der Waals surface area contributed by atoms with Gasteiger partial charge in [0.05, 0.1) is 0 Å². The fourth-order valence-electron chi connectivity index (χ4n) is 1.87. The zero-order chi connectivity index (χ0) is 13.7. The Morgan fingerprint density at radius 2 is 2.16 bits per heavy atom. The quantitative estimate of drug-likeness (QED) is 0.828. The summed E-state index contributed by atoms with van der Waals surface area (Å²) in [6.07, 6.45) is 1.82. The molecule has 0 fully saturated rings. The Labute approximate surface area is 121 Å². The Kier molecular flexibility index (Phi) is 5.10. The van der Waals surface area contributed by atoms with E-state index < -0.39 is 0 Å². The maximum absolute atomic E-state index is 5.71. The Balaban J connectivity index is 2.04. The fourth-order valence-corrected chi connectivity index (χ4v) is 2.35. The van der Waals surface area contributed by atoms with E-state index in [1.807, 2.05) is 25.1 Å². The second kappa shape index (κ2) is 6.82. The van der Waals surface area contributed by atoms with Crippen molar-refractivity contribution in [1.29, 1.82) is 0 Å². The molecule has 1 N–H and O–H groups in total. The first-order valence-electron chi connectivity index (χ1n) is 6.50. The van der Waals surface area contributed by atoms with Crippen molar-refractivity contribution in [2.24, 2.45) is 0 Å². The topological polar surface area (TPSA) is 51.0 Å². The van der Waals surface area contributed by atoms with Gasteiger partial charge in [0.25, 0.3) is 0 Å². The van der Waals surface area contributed by atoms with Crippen LogP contribution in [0.1, 0.15) is 24.8 Å². The highest BCUT2D eigenvalue weighted by molar-refractivity contribution is 9.10. The van der Waals surface area contributed by atoms with Gasteiger partial charge in [0, 0.05) is 16.5 Å². The summed E-state index contributed by atoms with van der Waals surface area (Å²) in [6, 6.07) is 6.02. The lowest BCUT2D eigenvalue weighted by molar-refractivity contribution is 0.492. The van der Waals surface area contributed by atoms with Crippen LogP contribution < -0.4 is 5.32 Å². The number of hydrogen-bond acceptors (Lipinski definition) is 4. The fraction of sp³-hybridized carbons (Fsp3) is 0.429. The van der Waals surface area contributed by atoms with Gasteiger partial charge in [-0.1, -0.05) is 22.9 Å². The molecule has 0 aliphatic carbocycles. The Hall–Kier alpha value is -1.20. The number of rotatable bonds is 6. The average Bonchev–Trinajstić information content (AvgIpc) is 2.83. The number of nitrogens with zero attached hydrogens (tertiary/aromatic N) is 2. The van der Waals surface area contributed by atoms with Crippen LogP contribution in [0.2, 0.25) is 0 Å². The van der Waals surface area contributed by atoms with Gasteiger partial charge in [0.1, 0.15) is 0 Å². The van der Waals surface area contributed by atoms with Crippen LogP contribution in [0.15, 0.2) is 27.1 Å². The van der Waals surface area contributed by atoms with Crippen LogP contribution in [0.4, 0.5) is 0 Å². The minimum absolute atomic E-state index is 0.600. The van der Waals surface area contributed by atoms with Crippen molar-refractivity contribution in [2.75, 3.05) is 13.1 Å². The third-order valence-corrected chi connectivity index (χ3v) is 3.37. The zero-order valence-electron chi connectivity index (χ0n) is 11.2. The third kappa shape index (κ3) is 3.88. The summed E-state index contributed by atoms with van der Waals surface area (Å²) in [5, 5.41) is 11.5. The highest BCUT2D eigenvalue weighted by atomic mass is 79.9. The van der Waals surface area contributed by atoms with E-state index in [9.17, 15) is 0 Å². The molecule has 1 heterocycles. The van der Waals surface area contributed by atoms with Crippen molar-refractivity contribution in [3.05, 3.63) is 34.1 Å². The predicted molar refractivity (Wildman–Crippen MR) is 79.0 cm³/mol. The Morgan fingerprint density at radius 3 is 2.89 bits per heavy atom.